The molecule has 0 bridgehead atoms. The molecule has 0 heterocycles. The van der Waals surface area contributed by atoms with Gasteiger partial charge in [-0.25, -0.2) is 0 Å². The fourth-order valence-electron chi connectivity index (χ4n) is 38.5. The van der Waals surface area contributed by atoms with E-state index in [1.165, 1.54) is 159 Å². The minimum Gasteiger partial charge on any atom is -0.358 e. The van der Waals surface area contributed by atoms with Crippen LogP contribution in [0.3, 0.4) is 0 Å². The summed E-state index contributed by atoms with van der Waals surface area (Å²) in [4.78, 5) is 0. The maximum atomic E-state index is 2.90. The number of benzene rings is 3. The predicted molar refractivity (Wildman–Crippen MR) is 659 cm³/mol. The minimum atomic E-state index is -0.678. The van der Waals surface area contributed by atoms with Gasteiger partial charge in [-0.3, -0.25) is 0 Å². The van der Waals surface area contributed by atoms with Gasteiger partial charge in [-0.1, -0.05) is 422 Å². The van der Waals surface area contributed by atoms with E-state index in [-0.39, 0.29) is 224 Å². The van der Waals surface area contributed by atoms with Crippen LogP contribution in [0.2, 0.25) is 96.7 Å². The van der Waals surface area contributed by atoms with E-state index in [0.717, 1.165) is 153 Å². The topological polar surface area (TPSA) is 0 Å². The maximum Gasteiger partial charge on any atom is 4.00 e. The van der Waals surface area contributed by atoms with Crippen LogP contribution in [0.1, 0.15) is 374 Å². The van der Waals surface area contributed by atoms with E-state index < -0.39 is 66.5 Å². The van der Waals surface area contributed by atoms with Crippen LogP contribution < -0.4 is 0 Å². The Balaban J connectivity index is -0.000000560. The van der Waals surface area contributed by atoms with Crippen molar-refractivity contribution < 1.29 is 105 Å². The van der Waals surface area contributed by atoms with Gasteiger partial charge in [0.15, 0.2) is 0 Å². The average Bonchev–Trinajstić information content (AvgIpc) is 1.58. The van der Waals surface area contributed by atoms with Crippen molar-refractivity contribution >= 4 is 77.3 Å². The predicted octanol–water partition coefficient (Wildman–Crippen LogP) is 39.3. The molecule has 0 aliphatic heterocycles. The Bertz CT molecular complexity index is 3640. The molecule has 3 aromatic rings. The summed E-state index contributed by atoms with van der Waals surface area (Å²) in [5.74, 6) is 28.8. The molecule has 16 aliphatic carbocycles. The molecule has 43 unspecified atom stereocenters. The van der Waals surface area contributed by atoms with Crippen molar-refractivity contribution in [3.8, 4) is 0 Å². The fourth-order valence-corrected chi connectivity index (χ4v) is 91.4. The number of unbranched alkanes of at least 4 members (excludes halogenated alkanes) is 4. The van der Waals surface area contributed by atoms with Crippen molar-refractivity contribution in [2.24, 2.45) is 148 Å². The van der Waals surface area contributed by atoms with Crippen LogP contribution in [-0.2, 0) is 105 Å². The van der Waals surface area contributed by atoms with Crippen molar-refractivity contribution in [2.75, 3.05) is 0 Å². The Morgan fingerprint density at radius 2 is 0.532 bits per heavy atom. The van der Waals surface area contributed by atoms with Gasteiger partial charge in [-0.05, 0) is 281 Å². The van der Waals surface area contributed by atoms with Crippen LogP contribution in [0.25, 0.3) is 10.8 Å². The zero-order chi connectivity index (χ0) is 84.4. The summed E-state index contributed by atoms with van der Waals surface area (Å²) < 4.78 is 0. The van der Waals surface area contributed by atoms with Crippen LogP contribution in [-0.4, -0.2) is 66.5 Å². The Morgan fingerprint density at radius 3 is 0.929 bits per heavy atom. The number of rotatable bonds is 26. The maximum absolute atomic E-state index is 2.90. The minimum absolute atomic E-state index is 0. The van der Waals surface area contributed by atoms with Crippen molar-refractivity contribution in [1.82, 2.24) is 0 Å². The Hall–Kier alpha value is 3.19. The second kappa shape index (κ2) is 71.5. The molecule has 43 atom stereocenters. The first-order chi connectivity index (χ1) is 58.7. The van der Waals surface area contributed by atoms with Gasteiger partial charge in [0.2, 0.25) is 0 Å². The molecule has 141 heavy (non-hydrogen) atoms. The van der Waals surface area contributed by atoms with Crippen molar-refractivity contribution in [3.05, 3.63) is 203 Å². The van der Waals surface area contributed by atoms with Crippen molar-refractivity contribution in [3.63, 3.8) is 0 Å². The number of hydrogen-bond donors (Lipinski definition) is 0. The molecule has 12 heteroatoms. The average molecular weight is 2380 g/mol. The van der Waals surface area contributed by atoms with Gasteiger partial charge < -0.3 is 119 Å². The van der Waals surface area contributed by atoms with E-state index in [0.29, 0.717) is 0 Å². The summed E-state index contributed by atoms with van der Waals surface area (Å²) in [5.41, 5.74) is 13.1. The molecule has 0 aromatic heterocycles. The summed E-state index contributed by atoms with van der Waals surface area (Å²) in [6.45, 7) is 45.9. The van der Waals surface area contributed by atoms with E-state index in [1.807, 2.05) is 0 Å². The summed E-state index contributed by atoms with van der Waals surface area (Å²) in [6, 6.07) is 28.4. The fraction of sp³-hybridized carbons (Fsp3) is 0.752. The summed E-state index contributed by atoms with van der Waals surface area (Å²) in [5, 5.41) is 3.04. The monoisotopic (exact) mass is 2380 g/mol. The molecule has 808 valence electrons. The third kappa shape index (κ3) is 34.4. The van der Waals surface area contributed by atoms with E-state index >= 15 is 0 Å². The van der Waals surface area contributed by atoms with Crippen molar-refractivity contribution in [1.29, 1.82) is 0 Å². The first kappa shape index (κ1) is 153. The third-order valence-corrected chi connectivity index (χ3v) is 101. The van der Waals surface area contributed by atoms with Gasteiger partial charge in [0, 0.05) is 66.5 Å². The van der Waals surface area contributed by atoms with E-state index in [2.05, 4.69) is 187 Å². The van der Waals surface area contributed by atoms with Gasteiger partial charge in [0.25, 0.3) is 0 Å². The molecule has 16 aliphatic rings. The second-order valence-corrected chi connectivity index (χ2v) is 96.2. The number of fused-ring (bicyclic) bond motifs is 9. The molecule has 16 saturated carbocycles. The van der Waals surface area contributed by atoms with Gasteiger partial charge in [0.05, 0.1) is 0 Å². The zero-order valence-corrected chi connectivity index (χ0v) is 120. The molecule has 19 rings (SSSR count). The largest absolute Gasteiger partial charge is 4.00 e. The molecule has 0 N–H and O–H groups in total. The molecule has 0 spiro atoms. The summed E-state index contributed by atoms with van der Waals surface area (Å²) >= 11 is 0. The van der Waals surface area contributed by atoms with E-state index in [4.69, 9.17) is 0 Å². The van der Waals surface area contributed by atoms with Crippen LogP contribution in [0, 0.1) is 267 Å². The quantitative estimate of drug-likeness (QED) is 0.0555. The number of hydrogen-bond acceptors (Lipinski definition) is 0. The summed E-state index contributed by atoms with van der Waals surface area (Å²) in [7, 11) is -4.48. The van der Waals surface area contributed by atoms with Gasteiger partial charge in [-0.15, -0.1) is 0 Å². The van der Waals surface area contributed by atoms with Crippen LogP contribution in [0.5, 0.6) is 0 Å². The normalized spacial score (nSPS) is 38.1. The first-order valence-corrected chi connectivity index (χ1v) is 81.5. The van der Waals surface area contributed by atoms with Crippen molar-refractivity contribution in [2.45, 2.75) is 460 Å². The molecule has 0 saturated heterocycles. The summed E-state index contributed by atoms with van der Waals surface area (Å²) in [6.07, 6.45) is 70.2. The van der Waals surface area contributed by atoms with Gasteiger partial charge in [-0.2, -0.15) is 0 Å². The molecule has 3 aromatic carbocycles. The smallest absolute Gasteiger partial charge is 0.358 e. The first-order valence-electron chi connectivity index (χ1n) is 56.3. The Labute approximate surface area is 981 Å². The van der Waals surface area contributed by atoms with Gasteiger partial charge >= 0.3 is 105 Å². The molecular weight excluding hydrogens is 2140 g/mol. The van der Waals surface area contributed by atoms with Gasteiger partial charge in [0.1, 0.15) is 0 Å². The molecule has 16 fully saturated rings. The zero-order valence-electron chi connectivity index (χ0n) is 101. The third-order valence-electron chi connectivity index (χ3n) is 44.8. The molecule has 0 radical (unpaired) electrons. The van der Waals surface area contributed by atoms with Crippen LogP contribution in [0.4, 0.5) is 0 Å². The standard InChI is InChI=1S/C34H52Si2.C30H50Si2.C25H48Si2.C24H46Si2.16CH3.4Zr/c1-5-6-11-24-18-19-27(21-24)35(3)36(4)34-23(2)20-31-32(34)22-26-14-10-16-29(26)33(31)30-17-9-13-25-12-7-8-15-28(25)30;1-5-6-11-22-16-17-25(19-22)31(3)32(4)30-21(2)18-27-28(30)20-24-14-10-15-26(24)29(27)23-12-8-7-9-13-23;1-6-7-9-19-12-13-21(15-19)26(4)27(5)25-17(2)14-23-18(3)22-11-8-10-20(22)16-24(23)25;1-5-6-8-18-11-12-22(14-18)25(3)26(4)24-17(2)13-21-15-19-9-7-10-20(19)16-23(21)24;;;;;;;;;;;;;;;;;;;;/h7-9,12-13,15,17,23-24,26-27,29,31-36H,5-6,10-11,14,16,18-22H2,1-4H3;7-9,12-13,21-22,24-32H,5-6,10-11,14-20H2,1-4H3;17-27H,6-16H2,1-5H3;17-26H,5-16H2,1-4H3;16*1H3;;;;/q;;;;16*-1;4*+4. The molecular formula is C129H244Si8Zr4. The molecule has 0 nitrogen and oxygen atoms in total. The van der Waals surface area contributed by atoms with Crippen LogP contribution in [0.15, 0.2) is 72.8 Å². The second-order valence-electron chi connectivity index (χ2n) is 50.4. The van der Waals surface area contributed by atoms with E-state index in [9.17, 15) is 0 Å². The Morgan fingerprint density at radius 1 is 0.234 bits per heavy atom. The Kier molecular flexibility index (Phi) is 77.4. The molecule has 0 amide bonds. The SMILES string of the molecule is CCCCC1CCC([SiH](C)[SiH](C)C2C(C)CC3C(C)C4CCCC4CC32)C1.CCCCC1CCC([SiH](C)[SiH](C)C2C(C)CC3C2CC2CCCC2C3c2cccc3ccccc23)C1.CCCCC1CCC([SiH](C)[SiH](C)C2C(C)CC3C2CC2CCCC2C3c2ccccc2)C1.CCCCC1CCC([SiH](C)[SiH](C)C2C(C)CC3CC4CCCC4CC32)C1.[CH3-].[CH3-].[CH3-].[CH3-].[CH3-].[CH3-].[CH3-].[CH3-].[CH3-].[CH3-].[CH3-].[CH3-].[CH3-].[CH3-].[CH3-].[CH3-].[Zr+4].[Zr+4].[Zr+4].[Zr+4]. The van der Waals surface area contributed by atoms with Crippen LogP contribution >= 0.6 is 0 Å². The van der Waals surface area contributed by atoms with E-state index in [1.54, 1.807) is 203 Å².